The lowest BCUT2D eigenvalue weighted by atomic mass is 10.1. The minimum Gasteiger partial charge on any atom is -0.502 e. The van der Waals surface area contributed by atoms with E-state index in [-0.39, 0.29) is 5.82 Å². The van der Waals surface area contributed by atoms with Crippen LogP contribution in [0.4, 0.5) is 4.39 Å². The zero-order valence-electron chi connectivity index (χ0n) is 22.8. The van der Waals surface area contributed by atoms with Crippen LogP contribution in [-0.4, -0.2) is 31.4 Å². The van der Waals surface area contributed by atoms with Crippen LogP contribution in [0.25, 0.3) is 12.3 Å². The maximum absolute atomic E-state index is 12.1. The molecule has 1 aliphatic rings. The summed E-state index contributed by atoms with van der Waals surface area (Å²) in [6.07, 6.45) is 17.0. The van der Waals surface area contributed by atoms with Crippen molar-refractivity contribution in [1.82, 2.24) is 24.3 Å². The number of ether oxygens (including phenoxy) is 1. The molecule has 6 nitrogen and oxygen atoms in total. The molecule has 0 spiro atoms. The van der Waals surface area contributed by atoms with Gasteiger partial charge in [-0.3, -0.25) is 0 Å². The average molecular weight is 504 g/mol. The Hall–Kier alpha value is -3.92. The van der Waals surface area contributed by atoms with Crippen LogP contribution in [0.3, 0.4) is 0 Å². The van der Waals surface area contributed by atoms with Crippen LogP contribution in [0.5, 0.6) is 0 Å². The number of halogens is 1. The molecular formula is C30H38FN5O. The Morgan fingerprint density at radius 2 is 1.95 bits per heavy atom. The van der Waals surface area contributed by atoms with Gasteiger partial charge in [-0.25, -0.2) is 19.0 Å². The molecule has 3 heterocycles. The van der Waals surface area contributed by atoms with Crippen molar-refractivity contribution >= 4 is 12.3 Å². The van der Waals surface area contributed by atoms with Crippen molar-refractivity contribution in [3.8, 4) is 11.8 Å². The molecule has 1 aliphatic heterocycles. The van der Waals surface area contributed by atoms with E-state index in [4.69, 9.17) is 4.74 Å². The van der Waals surface area contributed by atoms with E-state index in [1.807, 2.05) is 55.4 Å². The number of allylic oxidation sites excluding steroid dienone is 4. The van der Waals surface area contributed by atoms with Gasteiger partial charge in [-0.2, -0.15) is 5.10 Å². The normalized spacial score (nSPS) is 13.5. The number of imidazole rings is 1. The summed E-state index contributed by atoms with van der Waals surface area (Å²) < 4.78 is 21.1. The van der Waals surface area contributed by atoms with Gasteiger partial charge in [0.2, 0.25) is 0 Å². The lowest BCUT2D eigenvalue weighted by Crippen LogP contribution is -2.11. The number of hydrogen-bond acceptors (Lipinski definition) is 4. The van der Waals surface area contributed by atoms with Crippen LogP contribution >= 0.6 is 0 Å². The predicted octanol–water partition coefficient (Wildman–Crippen LogP) is 6.63. The zero-order chi connectivity index (χ0) is 27.0. The van der Waals surface area contributed by atoms with E-state index in [0.29, 0.717) is 5.92 Å². The molecule has 0 saturated carbocycles. The van der Waals surface area contributed by atoms with Crippen molar-refractivity contribution in [2.45, 2.75) is 60.4 Å². The maximum atomic E-state index is 12.1. The third-order valence-electron chi connectivity index (χ3n) is 5.37. The number of aryl methyl sites for hydroxylation is 4. The summed E-state index contributed by atoms with van der Waals surface area (Å²) in [7, 11) is 1.69. The van der Waals surface area contributed by atoms with Crippen molar-refractivity contribution in [2.24, 2.45) is 5.92 Å². The smallest absolute Gasteiger partial charge is 0.173 e. The molecule has 0 amide bonds. The minimum atomic E-state index is -0.171. The van der Waals surface area contributed by atoms with Gasteiger partial charge in [0.05, 0.1) is 24.9 Å². The fraction of sp³-hybridized carbons (Fsp3) is 0.367. The Balaban J connectivity index is 0.000000215. The van der Waals surface area contributed by atoms with Crippen molar-refractivity contribution < 1.29 is 9.13 Å². The summed E-state index contributed by atoms with van der Waals surface area (Å²) in [5.41, 5.74) is 2.10. The highest BCUT2D eigenvalue weighted by atomic mass is 19.1. The molecule has 0 N–H and O–H groups in total. The van der Waals surface area contributed by atoms with Crippen LogP contribution in [0.15, 0.2) is 60.8 Å². The summed E-state index contributed by atoms with van der Waals surface area (Å²) in [4.78, 5) is 8.59. The van der Waals surface area contributed by atoms with E-state index in [1.165, 1.54) is 25.0 Å². The molecule has 0 bridgehead atoms. The van der Waals surface area contributed by atoms with Gasteiger partial charge in [-0.1, -0.05) is 36.6 Å². The van der Waals surface area contributed by atoms with Crippen molar-refractivity contribution in [3.63, 3.8) is 0 Å². The first-order valence-electron chi connectivity index (χ1n) is 12.5. The molecule has 1 aromatic carbocycles. The molecule has 0 radical (unpaired) electrons. The van der Waals surface area contributed by atoms with Crippen molar-refractivity contribution in [1.29, 1.82) is 0 Å². The number of methoxy groups -OCH3 is 1. The quantitative estimate of drug-likeness (QED) is 0.290. The zero-order valence-corrected chi connectivity index (χ0v) is 22.8. The number of benzene rings is 1. The van der Waals surface area contributed by atoms with E-state index in [2.05, 4.69) is 46.0 Å². The van der Waals surface area contributed by atoms with E-state index in [0.717, 1.165) is 41.6 Å². The number of rotatable bonds is 5. The highest BCUT2D eigenvalue weighted by Gasteiger charge is 2.12. The predicted molar refractivity (Wildman–Crippen MR) is 149 cm³/mol. The summed E-state index contributed by atoms with van der Waals surface area (Å²) in [5.74, 6) is 8.63. The molecule has 0 aliphatic carbocycles. The Kier molecular flexibility index (Phi) is 12.6. The lowest BCUT2D eigenvalue weighted by Gasteiger charge is -2.09. The second-order valence-corrected chi connectivity index (χ2v) is 8.73. The first-order valence-corrected chi connectivity index (χ1v) is 12.5. The highest BCUT2D eigenvalue weighted by molar-refractivity contribution is 5.40. The third-order valence-corrected chi connectivity index (χ3v) is 5.37. The summed E-state index contributed by atoms with van der Waals surface area (Å²) >= 11 is 0. The standard InChI is InChI=1S/C14H21N3O.C9H10N2.C7H7F/c1-11(10-12(2)18-3)7-8-13-15-14-6-4-5-9-17(14)16-13;1-3-4-5-6-11-7-9(2)10-8-11;1-6-2-4-7(8)5-3-6/h7-8,10-11H,4-6,9H2,1-3H3;5-8H,1-2H3;2-5H,1H3/b8-7+,12-10+;6-5+;. The van der Waals surface area contributed by atoms with Crippen LogP contribution in [0.1, 0.15) is 56.5 Å². The molecule has 7 heteroatoms. The highest BCUT2D eigenvalue weighted by Crippen LogP contribution is 2.13. The minimum absolute atomic E-state index is 0.171. The van der Waals surface area contributed by atoms with Gasteiger partial charge in [0.25, 0.3) is 0 Å². The van der Waals surface area contributed by atoms with Crippen molar-refractivity contribution in [2.75, 3.05) is 7.11 Å². The van der Waals surface area contributed by atoms with Gasteiger partial charge in [0.1, 0.15) is 11.6 Å². The number of fused-ring (bicyclic) bond motifs is 1. The fourth-order valence-corrected chi connectivity index (χ4v) is 3.37. The first kappa shape index (κ1) is 29.3. The monoisotopic (exact) mass is 503 g/mol. The number of nitrogens with zero attached hydrogens (tertiary/aromatic N) is 5. The summed E-state index contributed by atoms with van der Waals surface area (Å²) in [5, 5.41) is 4.49. The fourth-order valence-electron chi connectivity index (χ4n) is 3.37. The van der Waals surface area contributed by atoms with Crippen LogP contribution in [-0.2, 0) is 17.7 Å². The Labute approximate surface area is 220 Å². The van der Waals surface area contributed by atoms with Crippen LogP contribution in [0, 0.1) is 37.4 Å². The molecule has 4 rings (SSSR count). The molecule has 3 aromatic rings. The molecular weight excluding hydrogens is 465 g/mol. The van der Waals surface area contributed by atoms with Gasteiger partial charge in [0.15, 0.2) is 5.82 Å². The topological polar surface area (TPSA) is 57.8 Å². The molecule has 0 saturated heterocycles. The molecule has 2 aromatic heterocycles. The number of hydrogen-bond donors (Lipinski definition) is 0. The number of aromatic nitrogens is 5. The molecule has 37 heavy (non-hydrogen) atoms. The second-order valence-electron chi connectivity index (χ2n) is 8.73. The van der Waals surface area contributed by atoms with Crippen molar-refractivity contribution in [3.05, 3.63) is 89.5 Å². The molecule has 1 atom stereocenters. The summed E-state index contributed by atoms with van der Waals surface area (Å²) in [6.45, 7) is 10.8. The van der Waals surface area contributed by atoms with E-state index >= 15 is 0 Å². The summed E-state index contributed by atoms with van der Waals surface area (Å²) in [6, 6.07) is 6.40. The van der Waals surface area contributed by atoms with Crippen LogP contribution < -0.4 is 0 Å². The van der Waals surface area contributed by atoms with Gasteiger partial charge < -0.3 is 9.30 Å². The Morgan fingerprint density at radius 3 is 2.54 bits per heavy atom. The SMILES string of the molecule is CC#C/C=C/n1cnc(C)c1.CO/C(C)=C/C(C)/C=C/c1nc2n(n1)CCCC2.Cc1ccc(F)cc1. The van der Waals surface area contributed by atoms with Crippen LogP contribution in [0.2, 0.25) is 0 Å². The van der Waals surface area contributed by atoms with Gasteiger partial charge >= 0.3 is 0 Å². The van der Waals surface area contributed by atoms with Gasteiger partial charge in [0, 0.05) is 31.4 Å². The lowest BCUT2D eigenvalue weighted by molar-refractivity contribution is 0.290. The van der Waals surface area contributed by atoms with E-state index in [9.17, 15) is 4.39 Å². The van der Waals surface area contributed by atoms with Gasteiger partial charge in [-0.05, 0) is 70.7 Å². The third kappa shape index (κ3) is 11.6. The van der Waals surface area contributed by atoms with Gasteiger partial charge in [-0.15, -0.1) is 5.92 Å². The van der Waals surface area contributed by atoms with E-state index in [1.54, 1.807) is 31.6 Å². The molecule has 196 valence electrons. The first-order chi connectivity index (χ1) is 17.8. The Morgan fingerprint density at radius 1 is 1.19 bits per heavy atom. The Bertz CT molecular complexity index is 1190. The van der Waals surface area contributed by atoms with E-state index < -0.39 is 0 Å². The average Bonchev–Trinajstić information content (AvgIpc) is 3.51. The maximum Gasteiger partial charge on any atom is 0.173 e. The molecule has 0 fully saturated rings. The second kappa shape index (κ2) is 15.9. The molecule has 1 unspecified atom stereocenters. The largest absolute Gasteiger partial charge is 0.502 e.